The number of hydrogen-bond donors (Lipinski definition) is 0. The first-order valence-electron chi connectivity index (χ1n) is 7.76. The van der Waals surface area contributed by atoms with Crippen molar-refractivity contribution in [3.05, 3.63) is 35.9 Å². The normalized spacial score (nSPS) is 23.9. The van der Waals surface area contributed by atoms with Crippen LogP contribution in [-0.4, -0.2) is 37.0 Å². The monoisotopic (exact) mass is 277 g/mol. The molecular weight excluding hydrogens is 250 g/mol. The van der Waals surface area contributed by atoms with Crippen LogP contribution in [0, 0.1) is 0 Å². The Hall–Kier alpha value is -0.900. The molecule has 3 nitrogen and oxygen atoms in total. The number of morpholine rings is 1. The fourth-order valence-electron chi connectivity index (χ4n) is 2.63. The topological polar surface area (TPSA) is 21.7 Å². The first-order valence-corrected chi connectivity index (χ1v) is 7.76. The molecule has 2 rings (SSSR count). The molecule has 1 unspecified atom stereocenters. The van der Waals surface area contributed by atoms with Crippen molar-refractivity contribution in [1.29, 1.82) is 0 Å². The van der Waals surface area contributed by atoms with Gasteiger partial charge in [-0.3, -0.25) is 4.90 Å². The van der Waals surface area contributed by atoms with Gasteiger partial charge < -0.3 is 9.47 Å². The third kappa shape index (κ3) is 4.89. The number of hydrogen-bond acceptors (Lipinski definition) is 3. The molecule has 112 valence electrons. The molecule has 1 saturated heterocycles. The van der Waals surface area contributed by atoms with Crippen LogP contribution in [0.1, 0.15) is 38.7 Å². The van der Waals surface area contributed by atoms with Crippen LogP contribution in [0.4, 0.5) is 0 Å². The van der Waals surface area contributed by atoms with E-state index >= 15 is 0 Å². The van der Waals surface area contributed by atoms with Gasteiger partial charge in [-0.1, -0.05) is 50.1 Å². The number of nitrogens with zero attached hydrogens (tertiary/aromatic N) is 1. The summed E-state index contributed by atoms with van der Waals surface area (Å²) in [5.41, 5.74) is 1.35. The van der Waals surface area contributed by atoms with Crippen LogP contribution in [0.5, 0.6) is 0 Å². The van der Waals surface area contributed by atoms with E-state index in [0.29, 0.717) is 0 Å². The molecule has 0 aromatic heterocycles. The maximum atomic E-state index is 5.98. The fraction of sp³-hybridized carbons (Fsp3) is 0.647. The Bertz CT molecular complexity index is 382. The molecule has 0 aliphatic carbocycles. The summed E-state index contributed by atoms with van der Waals surface area (Å²) in [6, 6.07) is 10.6. The summed E-state index contributed by atoms with van der Waals surface area (Å²) in [4.78, 5) is 2.42. The highest BCUT2D eigenvalue weighted by Gasteiger charge is 2.32. The van der Waals surface area contributed by atoms with Crippen molar-refractivity contribution in [2.75, 3.05) is 26.3 Å². The number of ether oxygens (including phenoxy) is 2. The van der Waals surface area contributed by atoms with Gasteiger partial charge in [-0.15, -0.1) is 0 Å². The molecule has 1 aromatic rings. The average molecular weight is 277 g/mol. The number of rotatable bonds is 7. The highest BCUT2D eigenvalue weighted by molar-refractivity contribution is 5.14. The zero-order chi connectivity index (χ0) is 14.3. The zero-order valence-electron chi connectivity index (χ0n) is 12.8. The molecule has 1 aliphatic rings. The molecule has 3 heteroatoms. The molecule has 1 atom stereocenters. The lowest BCUT2D eigenvalue weighted by Gasteiger charge is -2.40. The summed E-state index contributed by atoms with van der Waals surface area (Å²) in [6.07, 6.45) is 3.57. The van der Waals surface area contributed by atoms with E-state index in [1.165, 1.54) is 18.4 Å². The maximum absolute atomic E-state index is 5.98. The number of benzene rings is 1. The van der Waals surface area contributed by atoms with Gasteiger partial charge in [-0.25, -0.2) is 0 Å². The third-order valence-electron chi connectivity index (χ3n) is 3.73. The van der Waals surface area contributed by atoms with E-state index in [1.54, 1.807) is 0 Å². The highest BCUT2D eigenvalue weighted by atomic mass is 16.7. The van der Waals surface area contributed by atoms with Crippen LogP contribution in [0.2, 0.25) is 0 Å². The van der Waals surface area contributed by atoms with E-state index in [2.05, 4.69) is 49.1 Å². The molecule has 0 N–H and O–H groups in total. The summed E-state index contributed by atoms with van der Waals surface area (Å²) >= 11 is 0. The van der Waals surface area contributed by atoms with Gasteiger partial charge in [0.15, 0.2) is 5.79 Å². The molecule has 0 amide bonds. The SMILES string of the molecule is CCCCCOC1(C)CN(Cc2ccccc2)CCO1. The van der Waals surface area contributed by atoms with Gasteiger partial charge in [0, 0.05) is 13.1 Å². The quantitative estimate of drug-likeness (QED) is 0.713. The van der Waals surface area contributed by atoms with E-state index in [-0.39, 0.29) is 0 Å². The van der Waals surface area contributed by atoms with Crippen LogP contribution in [0.3, 0.4) is 0 Å². The van der Waals surface area contributed by atoms with Gasteiger partial charge >= 0.3 is 0 Å². The maximum Gasteiger partial charge on any atom is 0.178 e. The molecule has 0 radical (unpaired) electrons. The standard InChI is InChI=1S/C17H27NO2/c1-3-4-8-12-19-17(2)15-18(11-13-20-17)14-16-9-6-5-7-10-16/h5-7,9-10H,3-4,8,11-15H2,1-2H3. The lowest BCUT2D eigenvalue weighted by Crippen LogP contribution is -2.51. The highest BCUT2D eigenvalue weighted by Crippen LogP contribution is 2.21. The third-order valence-corrected chi connectivity index (χ3v) is 3.73. The predicted molar refractivity (Wildman–Crippen MR) is 81.6 cm³/mol. The summed E-state index contributed by atoms with van der Waals surface area (Å²) in [5.74, 6) is -0.444. The van der Waals surface area contributed by atoms with Crippen molar-refractivity contribution in [3.63, 3.8) is 0 Å². The van der Waals surface area contributed by atoms with E-state index < -0.39 is 5.79 Å². The first kappa shape index (κ1) is 15.5. The molecular formula is C17H27NO2. The van der Waals surface area contributed by atoms with Gasteiger partial charge in [0.05, 0.1) is 19.8 Å². The van der Waals surface area contributed by atoms with Crippen molar-refractivity contribution >= 4 is 0 Å². The molecule has 0 bridgehead atoms. The summed E-state index contributed by atoms with van der Waals surface area (Å²) in [5, 5.41) is 0. The van der Waals surface area contributed by atoms with Crippen molar-refractivity contribution in [2.45, 2.75) is 45.4 Å². The van der Waals surface area contributed by atoms with Gasteiger partial charge in [0.25, 0.3) is 0 Å². The van der Waals surface area contributed by atoms with Crippen molar-refractivity contribution in [2.24, 2.45) is 0 Å². The van der Waals surface area contributed by atoms with E-state index in [0.717, 1.165) is 39.3 Å². The molecule has 20 heavy (non-hydrogen) atoms. The Morgan fingerprint density at radius 3 is 2.80 bits per heavy atom. The van der Waals surface area contributed by atoms with Gasteiger partial charge in [0.2, 0.25) is 0 Å². The van der Waals surface area contributed by atoms with E-state index in [4.69, 9.17) is 9.47 Å². The Labute approximate surface area is 122 Å². The Morgan fingerprint density at radius 1 is 1.25 bits per heavy atom. The fourth-order valence-corrected chi connectivity index (χ4v) is 2.63. The minimum Gasteiger partial charge on any atom is -0.349 e. The molecule has 1 heterocycles. The van der Waals surface area contributed by atoms with E-state index in [1.807, 2.05) is 0 Å². The second-order valence-corrected chi connectivity index (χ2v) is 5.73. The van der Waals surface area contributed by atoms with Crippen LogP contribution in [0.15, 0.2) is 30.3 Å². The molecule has 1 fully saturated rings. The van der Waals surface area contributed by atoms with Crippen molar-refractivity contribution in [3.8, 4) is 0 Å². The molecule has 1 aliphatic heterocycles. The minimum atomic E-state index is -0.444. The lowest BCUT2D eigenvalue weighted by atomic mass is 10.1. The predicted octanol–water partition coefficient (Wildman–Crippen LogP) is 3.44. The Kier molecular flexibility index (Phi) is 6.02. The summed E-state index contributed by atoms with van der Waals surface area (Å²) in [6.45, 7) is 8.60. The largest absolute Gasteiger partial charge is 0.349 e. The van der Waals surface area contributed by atoms with Gasteiger partial charge in [0.1, 0.15) is 0 Å². The van der Waals surface area contributed by atoms with Gasteiger partial charge in [-0.05, 0) is 18.9 Å². The summed E-state index contributed by atoms with van der Waals surface area (Å²) in [7, 11) is 0. The van der Waals surface area contributed by atoms with Crippen LogP contribution < -0.4 is 0 Å². The molecule has 0 spiro atoms. The van der Waals surface area contributed by atoms with Gasteiger partial charge in [-0.2, -0.15) is 0 Å². The summed E-state index contributed by atoms with van der Waals surface area (Å²) < 4.78 is 11.8. The van der Waals surface area contributed by atoms with Crippen molar-refractivity contribution in [1.82, 2.24) is 4.90 Å². The second-order valence-electron chi connectivity index (χ2n) is 5.73. The Morgan fingerprint density at radius 2 is 2.05 bits per heavy atom. The van der Waals surface area contributed by atoms with Crippen molar-refractivity contribution < 1.29 is 9.47 Å². The average Bonchev–Trinajstić information content (AvgIpc) is 2.45. The smallest absolute Gasteiger partial charge is 0.178 e. The zero-order valence-corrected chi connectivity index (χ0v) is 12.8. The lowest BCUT2D eigenvalue weighted by molar-refractivity contribution is -0.257. The second kappa shape index (κ2) is 7.77. The molecule has 1 aromatic carbocycles. The van der Waals surface area contributed by atoms with Crippen LogP contribution >= 0.6 is 0 Å². The van der Waals surface area contributed by atoms with Crippen LogP contribution in [0.25, 0.3) is 0 Å². The van der Waals surface area contributed by atoms with E-state index in [9.17, 15) is 0 Å². The first-order chi connectivity index (χ1) is 9.72. The number of unbranched alkanes of at least 4 members (excludes halogenated alkanes) is 2. The Balaban J connectivity index is 1.81. The minimum absolute atomic E-state index is 0.444. The van der Waals surface area contributed by atoms with Crippen LogP contribution in [-0.2, 0) is 16.0 Å². The molecule has 0 saturated carbocycles.